The summed E-state index contributed by atoms with van der Waals surface area (Å²) >= 11 is 1.20. The number of fused-ring (bicyclic) bond motifs is 2. The molecule has 0 spiro atoms. The van der Waals surface area contributed by atoms with Gasteiger partial charge in [0.25, 0.3) is 5.69 Å². The Morgan fingerprint density at radius 1 is 1.30 bits per heavy atom. The Hall–Kier alpha value is -3.94. The molecule has 1 saturated heterocycles. The van der Waals surface area contributed by atoms with Gasteiger partial charge in [-0.15, -0.1) is 11.3 Å². The molecular formula is C24H22N4O8S. The molecule has 4 heterocycles. The number of aliphatic hydroxyl groups is 2. The molecule has 2 aliphatic heterocycles. The molecule has 0 bridgehead atoms. The molecular weight excluding hydrogens is 504 g/mol. The molecule has 1 aromatic carbocycles. The van der Waals surface area contributed by atoms with Gasteiger partial charge in [-0.1, -0.05) is 6.92 Å². The number of carbonyl (C=O) groups excluding carboxylic acids is 3. The molecule has 0 aliphatic carbocycles. The monoisotopic (exact) mass is 526 g/mol. The molecule has 12 nitrogen and oxygen atoms in total. The van der Waals surface area contributed by atoms with Crippen LogP contribution in [0.15, 0.2) is 42.5 Å². The van der Waals surface area contributed by atoms with E-state index in [0.717, 1.165) is 0 Å². The number of hydrogen-bond donors (Lipinski definition) is 2. The minimum absolute atomic E-state index is 0.0637. The van der Waals surface area contributed by atoms with Gasteiger partial charge in [-0.25, -0.2) is 9.78 Å². The van der Waals surface area contributed by atoms with Crippen LogP contribution in [0.3, 0.4) is 0 Å². The summed E-state index contributed by atoms with van der Waals surface area (Å²) in [6, 6.07) is 5.13. The molecule has 2 N–H and O–H groups in total. The van der Waals surface area contributed by atoms with E-state index in [-0.39, 0.29) is 35.5 Å². The third-order valence-corrected chi connectivity index (χ3v) is 7.91. The number of β-lactam (4-membered cyclic amide) rings is 1. The summed E-state index contributed by atoms with van der Waals surface area (Å²) in [5.74, 6) is -2.68. The topological polar surface area (TPSA) is 165 Å². The van der Waals surface area contributed by atoms with Gasteiger partial charge in [-0.05, 0) is 24.6 Å². The summed E-state index contributed by atoms with van der Waals surface area (Å²) in [6.07, 6.45) is 2.22. The first kappa shape index (κ1) is 24.7. The van der Waals surface area contributed by atoms with Crippen LogP contribution in [0, 0.1) is 22.0 Å². The van der Waals surface area contributed by atoms with E-state index < -0.39 is 41.3 Å². The number of aliphatic hydroxyl groups excluding tert-OH is 2. The highest BCUT2D eigenvalue weighted by Crippen LogP contribution is 2.51. The van der Waals surface area contributed by atoms with Crippen LogP contribution in [-0.4, -0.2) is 65.8 Å². The van der Waals surface area contributed by atoms with Crippen LogP contribution in [0.25, 0.3) is 10.4 Å². The highest BCUT2D eigenvalue weighted by Gasteiger charge is 2.60. The molecule has 3 aromatic rings. The zero-order valence-corrected chi connectivity index (χ0v) is 20.5. The van der Waals surface area contributed by atoms with Crippen molar-refractivity contribution in [2.45, 2.75) is 32.6 Å². The van der Waals surface area contributed by atoms with Crippen LogP contribution >= 0.6 is 11.3 Å². The van der Waals surface area contributed by atoms with Crippen molar-refractivity contribution in [3.8, 4) is 0 Å². The average Bonchev–Trinajstić information content (AvgIpc) is 3.51. The number of imidazole rings is 1. The third-order valence-electron chi connectivity index (χ3n) is 6.77. The highest BCUT2D eigenvalue weighted by atomic mass is 32.1. The van der Waals surface area contributed by atoms with Gasteiger partial charge >= 0.3 is 5.97 Å². The number of nitro benzene ring substituents is 1. The summed E-state index contributed by atoms with van der Waals surface area (Å²) in [6.45, 7) is 2.53. The van der Waals surface area contributed by atoms with Crippen LogP contribution in [0.1, 0.15) is 34.8 Å². The molecule has 0 radical (unpaired) electrons. The lowest BCUT2D eigenvalue weighted by Gasteiger charge is -2.46. The number of ketones is 1. The van der Waals surface area contributed by atoms with Gasteiger partial charge in [-0.3, -0.25) is 24.1 Å². The smallest absolute Gasteiger partial charge is 0.355 e. The van der Waals surface area contributed by atoms with Crippen LogP contribution in [-0.2, 0) is 20.9 Å². The van der Waals surface area contributed by atoms with E-state index in [1.165, 1.54) is 53.8 Å². The van der Waals surface area contributed by atoms with E-state index in [1.54, 1.807) is 10.6 Å². The maximum atomic E-state index is 13.4. The largest absolute Gasteiger partial charge is 0.456 e. The highest BCUT2D eigenvalue weighted by molar-refractivity contribution is 7.18. The van der Waals surface area contributed by atoms with E-state index in [0.29, 0.717) is 20.8 Å². The number of esters is 1. The van der Waals surface area contributed by atoms with Gasteiger partial charge in [-0.2, -0.15) is 0 Å². The van der Waals surface area contributed by atoms with Gasteiger partial charge in [0.05, 0.1) is 27.9 Å². The van der Waals surface area contributed by atoms with Crippen LogP contribution in [0.4, 0.5) is 5.69 Å². The number of ether oxygens (including phenoxy) is 1. The molecule has 1 amide bonds. The Morgan fingerprint density at radius 3 is 2.62 bits per heavy atom. The zero-order valence-electron chi connectivity index (χ0n) is 19.7. The third kappa shape index (κ3) is 3.91. The SMILES string of the molecule is C[C@@H](O)[C@H]1C(=O)N2C(C(=O)OCc3ccc([N+](=O)[O-])cc3)=C(c3cn4cnc(C(=O)CO)c4s3)[C@H](C)[C@H]12. The average molecular weight is 527 g/mol. The molecule has 1 fully saturated rings. The Balaban J connectivity index is 1.51. The fourth-order valence-corrected chi connectivity index (χ4v) is 6.24. The predicted molar refractivity (Wildman–Crippen MR) is 129 cm³/mol. The van der Waals surface area contributed by atoms with Gasteiger partial charge < -0.3 is 19.8 Å². The van der Waals surface area contributed by atoms with Crippen molar-refractivity contribution in [3.05, 3.63) is 68.7 Å². The molecule has 2 aliphatic rings. The number of nitro groups is 1. The number of nitrogens with zero attached hydrogens (tertiary/aromatic N) is 4. The number of amides is 1. The van der Waals surface area contributed by atoms with Crippen LogP contribution in [0.2, 0.25) is 0 Å². The minimum atomic E-state index is -0.912. The Labute approximate surface area is 213 Å². The quantitative estimate of drug-likeness (QED) is 0.146. The summed E-state index contributed by atoms with van der Waals surface area (Å²) in [7, 11) is 0. The fraction of sp³-hybridized carbons (Fsp3) is 0.333. The van der Waals surface area contributed by atoms with E-state index in [2.05, 4.69) is 4.98 Å². The lowest BCUT2D eigenvalue weighted by atomic mass is 9.77. The van der Waals surface area contributed by atoms with Crippen molar-refractivity contribution >= 4 is 45.1 Å². The van der Waals surface area contributed by atoms with Crippen molar-refractivity contribution in [3.63, 3.8) is 0 Å². The lowest BCUT2D eigenvalue weighted by Crippen LogP contribution is -2.63. The zero-order chi connectivity index (χ0) is 26.6. The van der Waals surface area contributed by atoms with Gasteiger partial charge in [0.15, 0.2) is 0 Å². The predicted octanol–water partition coefficient (Wildman–Crippen LogP) is 1.79. The number of aromatic nitrogens is 2. The maximum Gasteiger partial charge on any atom is 0.355 e. The molecule has 13 heteroatoms. The van der Waals surface area contributed by atoms with Crippen molar-refractivity contribution < 1.29 is 34.3 Å². The number of thiazole rings is 1. The molecule has 0 saturated carbocycles. The Kier molecular flexibility index (Phi) is 6.14. The summed E-state index contributed by atoms with van der Waals surface area (Å²) in [4.78, 5) is 55.3. The standard InChI is InChI=1S/C24H22N4O8S/c1-11-17(16-7-26-10-25-19(15(31)8-29)23(26)37-16)21(27-20(11)18(12(2)30)22(27)32)24(33)36-9-13-3-5-14(6-4-13)28(34)35/h3-7,10-12,18,20,29-30H,8-9H2,1-2H3/t11-,12+,18+,20+/m0/s1. The van der Waals surface area contributed by atoms with E-state index in [4.69, 9.17) is 4.74 Å². The van der Waals surface area contributed by atoms with Gasteiger partial charge in [0, 0.05) is 29.8 Å². The number of benzene rings is 1. The molecule has 5 rings (SSSR count). The normalized spacial score (nSPS) is 21.7. The summed E-state index contributed by atoms with van der Waals surface area (Å²) in [5, 5.41) is 30.3. The van der Waals surface area contributed by atoms with Crippen LogP contribution in [0.5, 0.6) is 0 Å². The fourth-order valence-electron chi connectivity index (χ4n) is 5.00. The molecule has 0 unspecified atom stereocenters. The number of carbonyl (C=O) groups is 3. The maximum absolute atomic E-state index is 13.4. The Bertz CT molecular complexity index is 1470. The van der Waals surface area contributed by atoms with Gasteiger partial charge in [0.2, 0.25) is 11.7 Å². The first-order valence-corrected chi connectivity index (χ1v) is 12.2. The summed E-state index contributed by atoms with van der Waals surface area (Å²) in [5.41, 5.74) is 1.16. The summed E-state index contributed by atoms with van der Waals surface area (Å²) < 4.78 is 7.14. The number of non-ortho nitro benzene ring substituents is 1. The van der Waals surface area contributed by atoms with Crippen molar-refractivity contribution in [1.29, 1.82) is 0 Å². The van der Waals surface area contributed by atoms with Crippen molar-refractivity contribution in [1.82, 2.24) is 14.3 Å². The minimum Gasteiger partial charge on any atom is -0.456 e. The molecule has 37 heavy (non-hydrogen) atoms. The van der Waals surface area contributed by atoms with E-state index >= 15 is 0 Å². The van der Waals surface area contributed by atoms with Gasteiger partial charge in [0.1, 0.15) is 35.8 Å². The first-order valence-electron chi connectivity index (χ1n) is 11.4. The van der Waals surface area contributed by atoms with Crippen molar-refractivity contribution in [2.24, 2.45) is 11.8 Å². The second-order valence-electron chi connectivity index (χ2n) is 9.00. The number of hydrogen-bond acceptors (Lipinski definition) is 10. The number of Topliss-reactive ketones (excluding diaryl/α,β-unsaturated/α-hetero) is 1. The van der Waals surface area contributed by atoms with Crippen molar-refractivity contribution in [2.75, 3.05) is 6.61 Å². The Morgan fingerprint density at radius 2 is 2.00 bits per heavy atom. The van der Waals surface area contributed by atoms with E-state index in [9.17, 15) is 34.7 Å². The second-order valence-corrected chi connectivity index (χ2v) is 10.0. The van der Waals surface area contributed by atoms with Crippen LogP contribution < -0.4 is 0 Å². The first-order chi connectivity index (χ1) is 17.6. The number of rotatable bonds is 8. The lowest BCUT2D eigenvalue weighted by molar-refractivity contribution is -0.384. The van der Waals surface area contributed by atoms with E-state index in [1.807, 2.05) is 6.92 Å². The second kappa shape index (κ2) is 9.18. The molecule has 2 aromatic heterocycles. The molecule has 4 atom stereocenters. The molecule has 192 valence electrons.